The number of hydrogen-bond donors (Lipinski definition) is 1. The van der Waals surface area contributed by atoms with E-state index in [-0.39, 0.29) is 42.3 Å². The Kier molecular flexibility index (Phi) is 8.34. The van der Waals surface area contributed by atoms with Gasteiger partial charge in [0.15, 0.2) is 0 Å². The molecule has 3 rings (SSSR count). The number of rotatable bonds is 9. The summed E-state index contributed by atoms with van der Waals surface area (Å²) in [6.45, 7) is 13.5. The van der Waals surface area contributed by atoms with Gasteiger partial charge in [-0.05, 0) is 47.0 Å². The molecule has 31 heavy (non-hydrogen) atoms. The fraction of sp³-hybridized carbons (Fsp3) is 0.818. The number of nitriles is 1. The van der Waals surface area contributed by atoms with Crippen molar-refractivity contribution < 1.29 is 18.6 Å². The molecule has 0 bridgehead atoms. The zero-order valence-corrected chi connectivity index (χ0v) is 20.5. The van der Waals surface area contributed by atoms with E-state index in [0.29, 0.717) is 31.2 Å². The van der Waals surface area contributed by atoms with Gasteiger partial charge >= 0.3 is 0 Å². The predicted molar refractivity (Wildman–Crippen MR) is 119 cm³/mol. The van der Waals surface area contributed by atoms with E-state index in [2.05, 4.69) is 55.6 Å². The van der Waals surface area contributed by atoms with Gasteiger partial charge in [-0.15, -0.1) is 0 Å². The Morgan fingerprint density at radius 3 is 2.68 bits per heavy atom. The van der Waals surface area contributed by atoms with Crippen LogP contribution in [0.4, 0.5) is 0 Å². The van der Waals surface area contributed by atoms with E-state index < -0.39 is 8.53 Å². The van der Waals surface area contributed by atoms with Gasteiger partial charge in [0.05, 0.1) is 38.0 Å². The SMILES string of the molecule is CC1=CN([C@H]2C[C@@H]3[C@H](O2)[C@H](C)C[C@H]3OP(OCCC#N)N(C(C)C)C(C)C)CNC1=O. The van der Waals surface area contributed by atoms with Crippen molar-refractivity contribution in [3.8, 4) is 6.07 Å². The average molecular weight is 453 g/mol. The maximum atomic E-state index is 11.8. The molecule has 2 aliphatic heterocycles. The Bertz CT molecular complexity index is 702. The summed E-state index contributed by atoms with van der Waals surface area (Å²) < 4.78 is 21.5. The molecular formula is C22H37N4O4P. The maximum Gasteiger partial charge on any atom is 0.259 e. The standard InChI is InChI=1S/C22H37N4O4P/c1-14(2)26(15(3)4)31(28-9-7-8-23)30-19-10-16(5)21-18(19)11-20(29-21)25-12-17(6)22(27)24-13-25/h12,14-16,18-21H,7,9-11,13H2,1-6H3,(H,24,27)/t16-,18+,19-,20-,21-,31?/m1/s1. The monoisotopic (exact) mass is 452 g/mol. The van der Waals surface area contributed by atoms with Crippen LogP contribution in [0.3, 0.4) is 0 Å². The molecule has 2 heterocycles. The van der Waals surface area contributed by atoms with Crippen molar-refractivity contribution in [1.82, 2.24) is 14.9 Å². The highest BCUT2D eigenvalue weighted by Gasteiger charge is 2.51. The smallest absolute Gasteiger partial charge is 0.259 e. The summed E-state index contributed by atoms with van der Waals surface area (Å²) in [5.74, 6) is 0.663. The van der Waals surface area contributed by atoms with Crippen molar-refractivity contribution in [2.24, 2.45) is 11.8 Å². The minimum Gasteiger partial charge on any atom is -0.354 e. The molecule has 1 aliphatic carbocycles. The molecule has 9 heteroatoms. The van der Waals surface area contributed by atoms with Crippen molar-refractivity contribution >= 4 is 14.4 Å². The third-order valence-electron chi connectivity index (χ3n) is 6.25. The largest absolute Gasteiger partial charge is 0.354 e. The predicted octanol–water partition coefficient (Wildman–Crippen LogP) is 3.71. The van der Waals surface area contributed by atoms with Gasteiger partial charge in [-0.3, -0.25) is 4.79 Å². The molecule has 174 valence electrons. The molecule has 6 atom stereocenters. The molecule has 1 amide bonds. The molecule has 2 fully saturated rings. The zero-order chi connectivity index (χ0) is 22.7. The summed E-state index contributed by atoms with van der Waals surface area (Å²) in [5.41, 5.74) is 0.701. The molecule has 1 unspecified atom stereocenters. The van der Waals surface area contributed by atoms with Crippen LogP contribution >= 0.6 is 8.53 Å². The molecule has 0 aromatic heterocycles. The van der Waals surface area contributed by atoms with Crippen LogP contribution < -0.4 is 5.32 Å². The summed E-state index contributed by atoms with van der Waals surface area (Å²) in [4.78, 5) is 13.8. The van der Waals surface area contributed by atoms with E-state index in [4.69, 9.17) is 19.0 Å². The molecule has 1 saturated carbocycles. The Morgan fingerprint density at radius 2 is 2.06 bits per heavy atom. The van der Waals surface area contributed by atoms with E-state index in [1.165, 1.54) is 0 Å². The van der Waals surface area contributed by atoms with Gasteiger partial charge in [-0.25, -0.2) is 4.67 Å². The lowest BCUT2D eigenvalue weighted by Crippen LogP contribution is -2.45. The Balaban J connectivity index is 1.71. The van der Waals surface area contributed by atoms with Crippen LogP contribution in [-0.2, 0) is 18.6 Å². The zero-order valence-electron chi connectivity index (χ0n) is 19.6. The number of amides is 1. The number of hydrogen-bond acceptors (Lipinski definition) is 7. The number of nitrogens with one attached hydrogen (secondary N) is 1. The first-order valence-electron chi connectivity index (χ1n) is 11.4. The third-order valence-corrected chi connectivity index (χ3v) is 8.41. The lowest BCUT2D eigenvalue weighted by atomic mass is 10.00. The summed E-state index contributed by atoms with van der Waals surface area (Å²) in [5, 5.41) is 11.8. The fourth-order valence-corrected chi connectivity index (χ4v) is 6.66. The highest BCUT2D eigenvalue weighted by Crippen LogP contribution is 2.53. The van der Waals surface area contributed by atoms with E-state index >= 15 is 0 Å². The second kappa shape index (κ2) is 10.6. The summed E-state index contributed by atoms with van der Waals surface area (Å²) in [7, 11) is -1.27. The van der Waals surface area contributed by atoms with Crippen LogP contribution in [-0.4, -0.2) is 59.3 Å². The fourth-order valence-electron chi connectivity index (χ4n) is 4.88. The van der Waals surface area contributed by atoms with Gasteiger partial charge in [0, 0.05) is 36.2 Å². The van der Waals surface area contributed by atoms with Gasteiger partial charge in [0.2, 0.25) is 5.91 Å². The van der Waals surface area contributed by atoms with E-state index in [9.17, 15) is 4.79 Å². The Labute approximate surface area is 187 Å². The molecule has 0 spiro atoms. The second-order valence-electron chi connectivity index (χ2n) is 9.35. The minimum absolute atomic E-state index is 0.0216. The van der Waals surface area contributed by atoms with Crippen LogP contribution in [0.5, 0.6) is 0 Å². The van der Waals surface area contributed by atoms with E-state index in [0.717, 1.165) is 12.8 Å². The second-order valence-corrected chi connectivity index (χ2v) is 10.8. The van der Waals surface area contributed by atoms with Crippen molar-refractivity contribution in [1.29, 1.82) is 5.26 Å². The van der Waals surface area contributed by atoms with Crippen LogP contribution in [0.15, 0.2) is 11.8 Å². The Hall–Kier alpha value is -1.23. The maximum absolute atomic E-state index is 11.8. The molecule has 1 N–H and O–H groups in total. The van der Waals surface area contributed by atoms with Gasteiger partial charge in [0.1, 0.15) is 6.23 Å². The van der Waals surface area contributed by atoms with Gasteiger partial charge in [-0.2, -0.15) is 5.26 Å². The lowest BCUT2D eigenvalue weighted by Gasteiger charge is -2.37. The molecule has 0 aromatic carbocycles. The van der Waals surface area contributed by atoms with Crippen molar-refractivity contribution in [3.63, 3.8) is 0 Å². The third kappa shape index (κ3) is 5.58. The summed E-state index contributed by atoms with van der Waals surface area (Å²) >= 11 is 0. The van der Waals surface area contributed by atoms with Gasteiger partial charge < -0.3 is 24.0 Å². The highest BCUT2D eigenvalue weighted by molar-refractivity contribution is 7.44. The number of carbonyl (C=O) groups is 1. The lowest BCUT2D eigenvalue weighted by molar-refractivity contribution is -0.120. The van der Waals surface area contributed by atoms with Crippen molar-refractivity contribution in [2.75, 3.05) is 13.3 Å². The molecule has 0 radical (unpaired) electrons. The van der Waals surface area contributed by atoms with Crippen molar-refractivity contribution in [3.05, 3.63) is 11.8 Å². The summed E-state index contributed by atoms with van der Waals surface area (Å²) in [6, 6.07) is 2.71. The van der Waals surface area contributed by atoms with E-state index in [1.807, 2.05) is 13.1 Å². The molecule has 0 aromatic rings. The normalized spacial score (nSPS) is 31.7. The van der Waals surface area contributed by atoms with Gasteiger partial charge in [-0.1, -0.05) is 6.92 Å². The number of nitrogens with zero attached hydrogens (tertiary/aromatic N) is 3. The first kappa shape index (κ1) is 24.4. The number of carbonyl (C=O) groups excluding carboxylic acids is 1. The number of fused-ring (bicyclic) bond motifs is 1. The molecule has 3 aliphatic rings. The number of ether oxygens (including phenoxy) is 1. The molecule has 1 saturated heterocycles. The summed E-state index contributed by atoms with van der Waals surface area (Å²) in [6.07, 6.45) is 4.21. The minimum atomic E-state index is -1.27. The quantitative estimate of drug-likeness (QED) is 0.421. The molecular weight excluding hydrogens is 415 g/mol. The van der Waals surface area contributed by atoms with Crippen LogP contribution in [0.1, 0.15) is 60.8 Å². The van der Waals surface area contributed by atoms with Crippen LogP contribution in [0, 0.1) is 23.2 Å². The van der Waals surface area contributed by atoms with Crippen molar-refractivity contribution in [2.45, 2.75) is 91.3 Å². The first-order chi connectivity index (χ1) is 14.7. The highest BCUT2D eigenvalue weighted by atomic mass is 31.2. The van der Waals surface area contributed by atoms with E-state index in [1.54, 1.807) is 0 Å². The van der Waals surface area contributed by atoms with Crippen LogP contribution in [0.25, 0.3) is 0 Å². The van der Waals surface area contributed by atoms with Crippen LogP contribution in [0.2, 0.25) is 0 Å². The Morgan fingerprint density at radius 1 is 1.35 bits per heavy atom. The average Bonchev–Trinajstić information content (AvgIpc) is 3.25. The van der Waals surface area contributed by atoms with Gasteiger partial charge in [0.25, 0.3) is 8.53 Å². The molecule has 8 nitrogen and oxygen atoms in total. The topological polar surface area (TPSA) is 87.1 Å². The first-order valence-corrected chi connectivity index (χ1v) is 12.5.